The molecule has 0 aliphatic carbocycles. The number of nitrogens with one attached hydrogen (secondary N) is 1. The molecule has 0 bridgehead atoms. The second-order valence-electron chi connectivity index (χ2n) is 5.39. The van der Waals surface area contributed by atoms with Crippen molar-refractivity contribution in [2.75, 3.05) is 13.2 Å². The summed E-state index contributed by atoms with van der Waals surface area (Å²) in [6.45, 7) is 4.96. The molecule has 0 aliphatic heterocycles. The molecule has 2 rings (SSSR count). The summed E-state index contributed by atoms with van der Waals surface area (Å²) < 4.78 is 11.0. The van der Waals surface area contributed by atoms with Crippen LogP contribution in [-0.4, -0.2) is 25.2 Å². The lowest BCUT2D eigenvalue weighted by atomic mass is 10.2. The van der Waals surface area contributed by atoms with Gasteiger partial charge in [-0.3, -0.25) is 4.79 Å². The molecule has 0 radical (unpaired) electrons. The fourth-order valence-corrected chi connectivity index (χ4v) is 2.05. The number of carbonyl (C=O) groups is 1. The van der Waals surface area contributed by atoms with Crippen molar-refractivity contribution in [2.24, 2.45) is 0 Å². The number of amides is 1. The highest BCUT2D eigenvalue weighted by atomic mass is 16.5. The predicted molar refractivity (Wildman–Crippen MR) is 88.5 cm³/mol. The molecule has 1 amide bonds. The van der Waals surface area contributed by atoms with Crippen molar-refractivity contribution >= 4 is 23.0 Å². The molecule has 1 heterocycles. The number of rotatable bonds is 7. The van der Waals surface area contributed by atoms with Crippen LogP contribution in [0.1, 0.15) is 26.0 Å². The lowest BCUT2D eigenvalue weighted by Gasteiger charge is -2.07. The molecule has 5 nitrogen and oxygen atoms in total. The number of hydrogen-bond acceptors (Lipinski definition) is 4. The number of fused-ring (bicyclic) bond motifs is 1. The van der Waals surface area contributed by atoms with Gasteiger partial charge in [-0.2, -0.15) is 5.26 Å². The molecule has 1 aromatic heterocycles. The highest BCUT2D eigenvalue weighted by Crippen LogP contribution is 2.20. The van der Waals surface area contributed by atoms with E-state index in [0.717, 1.165) is 11.0 Å². The Balaban J connectivity index is 1.95. The monoisotopic (exact) mass is 312 g/mol. The van der Waals surface area contributed by atoms with Crippen LogP contribution in [0, 0.1) is 11.3 Å². The molecule has 0 aliphatic rings. The van der Waals surface area contributed by atoms with Crippen LogP contribution in [0.25, 0.3) is 17.0 Å². The molecule has 0 saturated carbocycles. The van der Waals surface area contributed by atoms with Crippen molar-refractivity contribution in [3.8, 4) is 6.07 Å². The molecule has 120 valence electrons. The average molecular weight is 312 g/mol. The number of para-hydroxylation sites is 1. The van der Waals surface area contributed by atoms with E-state index in [2.05, 4.69) is 5.32 Å². The summed E-state index contributed by atoms with van der Waals surface area (Å²) in [5.74, 6) is 0.0820. The first kappa shape index (κ1) is 16.8. The quantitative estimate of drug-likeness (QED) is 0.483. The highest BCUT2D eigenvalue weighted by molar-refractivity contribution is 6.01. The van der Waals surface area contributed by atoms with Gasteiger partial charge in [0.2, 0.25) is 0 Å². The zero-order valence-corrected chi connectivity index (χ0v) is 13.3. The van der Waals surface area contributed by atoms with Crippen molar-refractivity contribution < 1.29 is 13.9 Å². The van der Waals surface area contributed by atoms with E-state index in [9.17, 15) is 4.79 Å². The molecule has 5 heteroatoms. The second kappa shape index (κ2) is 8.16. The van der Waals surface area contributed by atoms with Crippen LogP contribution < -0.4 is 5.32 Å². The van der Waals surface area contributed by atoms with E-state index in [4.69, 9.17) is 14.4 Å². The van der Waals surface area contributed by atoms with Crippen molar-refractivity contribution in [1.82, 2.24) is 5.32 Å². The summed E-state index contributed by atoms with van der Waals surface area (Å²) in [5.41, 5.74) is 0.746. The smallest absolute Gasteiger partial charge is 0.262 e. The molecular formula is C18H20N2O3. The van der Waals surface area contributed by atoms with Crippen LogP contribution in [0.2, 0.25) is 0 Å². The van der Waals surface area contributed by atoms with Crippen LogP contribution in [-0.2, 0) is 9.53 Å². The summed E-state index contributed by atoms with van der Waals surface area (Å²) in [7, 11) is 0. The first-order valence-corrected chi connectivity index (χ1v) is 7.60. The Morgan fingerprint density at radius 1 is 1.43 bits per heavy atom. The molecule has 0 unspecified atom stereocenters. The van der Waals surface area contributed by atoms with Gasteiger partial charge in [0.05, 0.1) is 6.10 Å². The maximum atomic E-state index is 12.0. The standard InChI is InChI=1S/C18H20N2O3/c1-13(2)22-9-5-8-20-18(21)15(12-19)11-16-10-14-6-3-4-7-17(14)23-16/h3-4,6-7,10-11,13H,5,8-9H2,1-2H3,(H,20,21)/b15-11+. The maximum Gasteiger partial charge on any atom is 0.262 e. The minimum atomic E-state index is -0.405. The lowest BCUT2D eigenvalue weighted by Crippen LogP contribution is -2.26. The van der Waals surface area contributed by atoms with E-state index in [1.165, 1.54) is 6.08 Å². The molecule has 2 aromatic rings. The lowest BCUT2D eigenvalue weighted by molar-refractivity contribution is -0.117. The molecule has 0 saturated heterocycles. The van der Waals surface area contributed by atoms with Crippen molar-refractivity contribution in [3.05, 3.63) is 41.7 Å². The third-order valence-corrected chi connectivity index (χ3v) is 3.15. The average Bonchev–Trinajstić information content (AvgIpc) is 2.94. The zero-order valence-electron chi connectivity index (χ0n) is 13.3. The van der Waals surface area contributed by atoms with E-state index < -0.39 is 5.91 Å². The number of nitriles is 1. The van der Waals surface area contributed by atoms with Gasteiger partial charge in [-0.05, 0) is 32.4 Å². The van der Waals surface area contributed by atoms with Crippen LogP contribution in [0.15, 0.2) is 40.3 Å². The normalized spacial score (nSPS) is 11.7. The minimum absolute atomic E-state index is 0.0221. The SMILES string of the molecule is CC(C)OCCCNC(=O)/C(C#N)=C/c1cc2ccccc2o1. The number of hydrogen-bond donors (Lipinski definition) is 1. The Morgan fingerprint density at radius 3 is 2.91 bits per heavy atom. The fourth-order valence-electron chi connectivity index (χ4n) is 2.05. The molecule has 1 N–H and O–H groups in total. The van der Waals surface area contributed by atoms with E-state index in [0.29, 0.717) is 25.3 Å². The van der Waals surface area contributed by atoms with E-state index in [-0.39, 0.29) is 11.7 Å². The maximum absolute atomic E-state index is 12.0. The number of furan rings is 1. The van der Waals surface area contributed by atoms with Gasteiger partial charge in [0.1, 0.15) is 23.0 Å². The van der Waals surface area contributed by atoms with Crippen LogP contribution >= 0.6 is 0 Å². The zero-order chi connectivity index (χ0) is 16.7. The van der Waals surface area contributed by atoms with Crippen LogP contribution in [0.4, 0.5) is 0 Å². The van der Waals surface area contributed by atoms with Crippen LogP contribution in [0.3, 0.4) is 0 Å². The molecular weight excluding hydrogens is 292 g/mol. The largest absolute Gasteiger partial charge is 0.457 e. The highest BCUT2D eigenvalue weighted by Gasteiger charge is 2.10. The van der Waals surface area contributed by atoms with Crippen molar-refractivity contribution in [3.63, 3.8) is 0 Å². The predicted octanol–water partition coefficient (Wildman–Crippen LogP) is 3.27. The first-order chi connectivity index (χ1) is 11.1. The Morgan fingerprint density at radius 2 is 2.22 bits per heavy atom. The van der Waals surface area contributed by atoms with Gasteiger partial charge >= 0.3 is 0 Å². The van der Waals surface area contributed by atoms with Gasteiger partial charge in [-0.25, -0.2) is 0 Å². The van der Waals surface area contributed by atoms with Gasteiger partial charge in [-0.1, -0.05) is 18.2 Å². The topological polar surface area (TPSA) is 75.3 Å². The van der Waals surface area contributed by atoms with Crippen molar-refractivity contribution in [2.45, 2.75) is 26.4 Å². The molecule has 0 spiro atoms. The Labute approximate surface area is 135 Å². The van der Waals surface area contributed by atoms with Gasteiger partial charge in [-0.15, -0.1) is 0 Å². The molecule has 1 aromatic carbocycles. The Kier molecular flexibility index (Phi) is 5.95. The van der Waals surface area contributed by atoms with Gasteiger partial charge < -0.3 is 14.5 Å². The Hall–Kier alpha value is -2.58. The number of nitrogens with zero attached hydrogens (tertiary/aromatic N) is 1. The van der Waals surface area contributed by atoms with Gasteiger partial charge in [0.15, 0.2) is 0 Å². The third-order valence-electron chi connectivity index (χ3n) is 3.15. The van der Waals surface area contributed by atoms with E-state index in [1.807, 2.05) is 44.2 Å². The van der Waals surface area contributed by atoms with Gasteiger partial charge in [0.25, 0.3) is 5.91 Å². The summed E-state index contributed by atoms with van der Waals surface area (Å²) >= 11 is 0. The number of benzene rings is 1. The summed E-state index contributed by atoms with van der Waals surface area (Å²) in [4.78, 5) is 12.0. The minimum Gasteiger partial charge on any atom is -0.457 e. The third kappa shape index (κ3) is 4.97. The molecule has 23 heavy (non-hydrogen) atoms. The molecule has 0 atom stereocenters. The first-order valence-electron chi connectivity index (χ1n) is 7.60. The summed E-state index contributed by atoms with van der Waals surface area (Å²) in [6.07, 6.45) is 2.33. The summed E-state index contributed by atoms with van der Waals surface area (Å²) in [5, 5.41) is 12.8. The fraction of sp³-hybridized carbons (Fsp3) is 0.333. The van der Waals surface area contributed by atoms with Crippen LogP contribution in [0.5, 0.6) is 0 Å². The number of ether oxygens (including phenoxy) is 1. The van der Waals surface area contributed by atoms with E-state index in [1.54, 1.807) is 6.07 Å². The van der Waals surface area contributed by atoms with Gasteiger partial charge in [0, 0.05) is 24.6 Å². The Bertz CT molecular complexity index is 705. The number of carbonyl (C=O) groups excluding carboxylic acids is 1. The van der Waals surface area contributed by atoms with Crippen molar-refractivity contribution in [1.29, 1.82) is 5.26 Å². The molecule has 0 fully saturated rings. The second-order valence-corrected chi connectivity index (χ2v) is 5.39. The van der Waals surface area contributed by atoms with E-state index >= 15 is 0 Å². The summed E-state index contributed by atoms with van der Waals surface area (Å²) in [6, 6.07) is 11.2.